The summed E-state index contributed by atoms with van der Waals surface area (Å²) in [7, 11) is 1.62. The third-order valence-electron chi connectivity index (χ3n) is 3.80. The first kappa shape index (κ1) is 12.7. The quantitative estimate of drug-likeness (QED) is 0.778. The summed E-state index contributed by atoms with van der Waals surface area (Å²) in [6, 6.07) is 11.0. The van der Waals surface area contributed by atoms with Crippen molar-refractivity contribution in [2.24, 2.45) is 0 Å². The molecule has 4 rings (SSSR count). The van der Waals surface area contributed by atoms with Gasteiger partial charge in [0.15, 0.2) is 11.5 Å². The number of carbonyl (C=O) groups is 1. The fourth-order valence-electron chi connectivity index (χ4n) is 2.73. The summed E-state index contributed by atoms with van der Waals surface area (Å²) < 4.78 is 10.6. The van der Waals surface area contributed by atoms with Crippen LogP contribution in [-0.4, -0.2) is 23.2 Å². The summed E-state index contributed by atoms with van der Waals surface area (Å²) >= 11 is 0. The zero-order chi connectivity index (χ0) is 15.1. The highest BCUT2D eigenvalue weighted by Gasteiger charge is 2.36. The topological polar surface area (TPSA) is 80.1 Å². The van der Waals surface area contributed by atoms with Crippen molar-refractivity contribution in [3.05, 3.63) is 59.5 Å². The summed E-state index contributed by atoms with van der Waals surface area (Å²) in [5, 5.41) is 9.98. The summed E-state index contributed by atoms with van der Waals surface area (Å²) in [5.41, 5.74) is 2.90. The van der Waals surface area contributed by atoms with Gasteiger partial charge >= 0.3 is 0 Å². The fraction of sp³-hybridized carbons (Fsp3) is 0.125. The molecule has 6 nitrogen and oxygen atoms in total. The van der Waals surface area contributed by atoms with Gasteiger partial charge in [0.2, 0.25) is 0 Å². The monoisotopic (exact) mass is 295 g/mol. The second kappa shape index (κ2) is 4.77. The SMILES string of the molecule is COc1ccc(C2NC(=O)c3n[nH]c(-c4ccco4)c32)cc1. The van der Waals surface area contributed by atoms with Gasteiger partial charge in [0.25, 0.3) is 5.91 Å². The first-order valence-electron chi connectivity index (χ1n) is 6.85. The smallest absolute Gasteiger partial charge is 0.272 e. The van der Waals surface area contributed by atoms with Crippen LogP contribution in [0.25, 0.3) is 11.5 Å². The number of benzene rings is 1. The Balaban J connectivity index is 1.81. The van der Waals surface area contributed by atoms with E-state index in [2.05, 4.69) is 15.5 Å². The van der Waals surface area contributed by atoms with E-state index in [1.807, 2.05) is 30.3 Å². The highest BCUT2D eigenvalue weighted by atomic mass is 16.5. The van der Waals surface area contributed by atoms with Crippen LogP contribution < -0.4 is 10.1 Å². The number of ether oxygens (including phenoxy) is 1. The van der Waals surface area contributed by atoms with E-state index in [0.717, 1.165) is 22.6 Å². The van der Waals surface area contributed by atoms with E-state index in [-0.39, 0.29) is 11.9 Å². The Labute approximate surface area is 126 Å². The molecule has 1 aliphatic rings. The average molecular weight is 295 g/mol. The molecule has 3 aromatic rings. The van der Waals surface area contributed by atoms with Gasteiger partial charge in [0, 0.05) is 5.56 Å². The number of nitrogens with one attached hydrogen (secondary N) is 2. The molecule has 110 valence electrons. The molecule has 0 saturated carbocycles. The lowest BCUT2D eigenvalue weighted by Crippen LogP contribution is -2.21. The lowest BCUT2D eigenvalue weighted by atomic mass is 9.99. The van der Waals surface area contributed by atoms with Gasteiger partial charge < -0.3 is 14.5 Å². The van der Waals surface area contributed by atoms with Gasteiger partial charge in [-0.3, -0.25) is 9.89 Å². The van der Waals surface area contributed by atoms with Crippen LogP contribution in [-0.2, 0) is 0 Å². The summed E-state index contributed by atoms with van der Waals surface area (Å²) in [4.78, 5) is 12.1. The third kappa shape index (κ3) is 1.81. The molecule has 1 aromatic carbocycles. The maximum absolute atomic E-state index is 12.1. The molecule has 1 amide bonds. The average Bonchev–Trinajstić information content (AvgIpc) is 3.25. The van der Waals surface area contributed by atoms with Crippen LogP contribution in [0.2, 0.25) is 0 Å². The lowest BCUT2D eigenvalue weighted by molar-refractivity contribution is 0.0955. The molecule has 0 fully saturated rings. The van der Waals surface area contributed by atoms with E-state index in [0.29, 0.717) is 11.5 Å². The third-order valence-corrected chi connectivity index (χ3v) is 3.80. The Morgan fingerprint density at radius 2 is 2.05 bits per heavy atom. The van der Waals surface area contributed by atoms with E-state index in [9.17, 15) is 4.79 Å². The van der Waals surface area contributed by atoms with E-state index in [1.165, 1.54) is 0 Å². The molecule has 0 bridgehead atoms. The number of amides is 1. The van der Waals surface area contributed by atoms with Crippen molar-refractivity contribution >= 4 is 5.91 Å². The van der Waals surface area contributed by atoms with E-state index in [1.54, 1.807) is 19.4 Å². The van der Waals surface area contributed by atoms with Crippen molar-refractivity contribution in [1.82, 2.24) is 15.5 Å². The lowest BCUT2D eigenvalue weighted by Gasteiger charge is -2.13. The highest BCUT2D eigenvalue weighted by Crippen LogP contribution is 2.37. The number of aromatic amines is 1. The van der Waals surface area contributed by atoms with Crippen LogP contribution in [0.5, 0.6) is 5.75 Å². The molecule has 1 atom stereocenters. The zero-order valence-corrected chi connectivity index (χ0v) is 11.8. The number of carbonyl (C=O) groups excluding carboxylic acids is 1. The highest BCUT2D eigenvalue weighted by molar-refractivity contribution is 5.99. The van der Waals surface area contributed by atoms with Crippen molar-refractivity contribution in [2.45, 2.75) is 6.04 Å². The summed E-state index contributed by atoms with van der Waals surface area (Å²) in [6.45, 7) is 0. The molecule has 3 heterocycles. The van der Waals surface area contributed by atoms with Crippen LogP contribution in [0.1, 0.15) is 27.7 Å². The normalized spacial score (nSPS) is 16.4. The number of methoxy groups -OCH3 is 1. The van der Waals surface area contributed by atoms with Crippen LogP contribution in [0.4, 0.5) is 0 Å². The van der Waals surface area contributed by atoms with Crippen LogP contribution in [0.3, 0.4) is 0 Å². The number of H-pyrrole nitrogens is 1. The summed E-state index contributed by atoms with van der Waals surface area (Å²) in [5.74, 6) is 1.24. The van der Waals surface area contributed by atoms with Gasteiger partial charge in [-0.05, 0) is 29.8 Å². The molecule has 1 unspecified atom stereocenters. The first-order chi connectivity index (χ1) is 10.8. The molecule has 0 radical (unpaired) electrons. The number of nitrogens with zero attached hydrogens (tertiary/aromatic N) is 1. The number of rotatable bonds is 3. The van der Waals surface area contributed by atoms with E-state index in [4.69, 9.17) is 9.15 Å². The first-order valence-corrected chi connectivity index (χ1v) is 6.85. The minimum absolute atomic E-state index is 0.190. The predicted molar refractivity (Wildman–Crippen MR) is 78.6 cm³/mol. The molecular weight excluding hydrogens is 282 g/mol. The molecule has 1 aliphatic heterocycles. The molecule has 0 aliphatic carbocycles. The van der Waals surface area contributed by atoms with Crippen molar-refractivity contribution < 1.29 is 13.9 Å². The number of fused-ring (bicyclic) bond motifs is 1. The van der Waals surface area contributed by atoms with Gasteiger partial charge in [-0.1, -0.05) is 12.1 Å². The molecule has 22 heavy (non-hydrogen) atoms. The van der Waals surface area contributed by atoms with Gasteiger partial charge in [-0.15, -0.1) is 0 Å². The number of hydrogen-bond acceptors (Lipinski definition) is 4. The Kier molecular flexibility index (Phi) is 2.75. The minimum Gasteiger partial charge on any atom is -0.497 e. The van der Waals surface area contributed by atoms with Gasteiger partial charge in [-0.2, -0.15) is 5.10 Å². The predicted octanol–water partition coefficient (Wildman–Crippen LogP) is 2.51. The van der Waals surface area contributed by atoms with Gasteiger partial charge in [-0.25, -0.2) is 0 Å². The maximum Gasteiger partial charge on any atom is 0.272 e. The van der Waals surface area contributed by atoms with E-state index >= 15 is 0 Å². The maximum atomic E-state index is 12.1. The molecule has 0 spiro atoms. The van der Waals surface area contributed by atoms with E-state index < -0.39 is 0 Å². The molecule has 2 aromatic heterocycles. The largest absolute Gasteiger partial charge is 0.497 e. The Morgan fingerprint density at radius 3 is 2.73 bits per heavy atom. The zero-order valence-electron chi connectivity index (χ0n) is 11.8. The minimum atomic E-state index is -0.257. The van der Waals surface area contributed by atoms with Gasteiger partial charge in [0.1, 0.15) is 11.4 Å². The Bertz CT molecular complexity index is 819. The fourth-order valence-corrected chi connectivity index (χ4v) is 2.73. The number of aromatic nitrogens is 2. The van der Waals surface area contributed by atoms with Crippen LogP contribution in [0, 0.1) is 0 Å². The Hall–Kier alpha value is -3.02. The number of furan rings is 1. The van der Waals surface area contributed by atoms with Crippen molar-refractivity contribution in [3.63, 3.8) is 0 Å². The molecule has 6 heteroatoms. The van der Waals surface area contributed by atoms with Crippen molar-refractivity contribution in [3.8, 4) is 17.2 Å². The van der Waals surface area contributed by atoms with Gasteiger partial charge in [0.05, 0.1) is 19.4 Å². The second-order valence-electron chi connectivity index (χ2n) is 5.02. The van der Waals surface area contributed by atoms with Crippen molar-refractivity contribution in [2.75, 3.05) is 7.11 Å². The van der Waals surface area contributed by atoms with Crippen molar-refractivity contribution in [1.29, 1.82) is 0 Å². The summed E-state index contributed by atoms with van der Waals surface area (Å²) in [6.07, 6.45) is 1.59. The van der Waals surface area contributed by atoms with Crippen LogP contribution >= 0.6 is 0 Å². The Morgan fingerprint density at radius 1 is 1.23 bits per heavy atom. The molecule has 0 saturated heterocycles. The molecule has 2 N–H and O–H groups in total. The molecular formula is C16H13N3O3. The second-order valence-corrected chi connectivity index (χ2v) is 5.02. The number of hydrogen-bond donors (Lipinski definition) is 2. The standard InChI is InChI=1S/C16H13N3O3/c1-21-10-6-4-9(5-7-10)13-12-14(11-3-2-8-22-11)18-19-15(12)16(20)17-13/h2-8,13H,1H3,(H,17,20)(H,18,19). The van der Waals surface area contributed by atoms with Crippen LogP contribution in [0.15, 0.2) is 47.1 Å².